The highest BCUT2D eigenvalue weighted by atomic mass is 35.5. The van der Waals surface area contributed by atoms with E-state index in [-0.39, 0.29) is 11.3 Å². The Morgan fingerprint density at radius 3 is 2.47 bits per heavy atom. The number of benzene rings is 3. The van der Waals surface area contributed by atoms with E-state index in [2.05, 4.69) is 4.98 Å². The molecule has 1 aliphatic rings. The molecule has 5 nitrogen and oxygen atoms in total. The highest BCUT2D eigenvalue weighted by Gasteiger charge is 2.47. The standard InChI is InChI=1S/C26H19ClN2O3/c1-15-19(27)11-7-13-21(15)29-23(16-8-3-2-4-9-16)22(25(31)26(29)32)24(30)18-14-28-20-12-6-5-10-17(18)20/h2-14,23,28,30H,1H3/b24-22-. The van der Waals surface area contributed by atoms with E-state index in [1.54, 1.807) is 31.3 Å². The van der Waals surface area contributed by atoms with Gasteiger partial charge in [0, 0.05) is 33.4 Å². The van der Waals surface area contributed by atoms with Crippen LogP contribution in [-0.4, -0.2) is 21.8 Å². The highest BCUT2D eigenvalue weighted by Crippen LogP contribution is 2.44. The lowest BCUT2D eigenvalue weighted by Crippen LogP contribution is -2.30. The molecular formula is C26H19ClN2O3. The van der Waals surface area contributed by atoms with Crippen molar-refractivity contribution >= 4 is 45.6 Å². The molecule has 3 aromatic carbocycles. The first-order valence-electron chi connectivity index (χ1n) is 10.2. The summed E-state index contributed by atoms with van der Waals surface area (Å²) in [6.45, 7) is 1.80. The monoisotopic (exact) mass is 442 g/mol. The second-order valence-electron chi connectivity index (χ2n) is 7.71. The number of H-pyrrole nitrogens is 1. The summed E-state index contributed by atoms with van der Waals surface area (Å²) in [6.07, 6.45) is 1.65. The molecule has 1 unspecified atom stereocenters. The summed E-state index contributed by atoms with van der Waals surface area (Å²) in [5.74, 6) is -1.65. The van der Waals surface area contributed by atoms with Gasteiger partial charge < -0.3 is 10.1 Å². The second-order valence-corrected chi connectivity index (χ2v) is 8.12. The maximum atomic E-state index is 13.3. The van der Waals surface area contributed by atoms with E-state index in [4.69, 9.17) is 11.6 Å². The number of carbonyl (C=O) groups is 2. The van der Waals surface area contributed by atoms with Crippen molar-refractivity contribution in [2.45, 2.75) is 13.0 Å². The number of Topliss-reactive ketones (excluding diaryl/α,β-unsaturated/α-hetero) is 1. The molecule has 4 aromatic rings. The second kappa shape index (κ2) is 7.70. The summed E-state index contributed by atoms with van der Waals surface area (Å²) < 4.78 is 0. The maximum absolute atomic E-state index is 13.3. The molecule has 1 fully saturated rings. The van der Waals surface area contributed by atoms with E-state index < -0.39 is 17.7 Å². The van der Waals surface area contributed by atoms with Crippen LogP contribution in [0.25, 0.3) is 16.7 Å². The molecule has 1 amide bonds. The van der Waals surface area contributed by atoms with Crippen LogP contribution in [0.15, 0.2) is 84.6 Å². The van der Waals surface area contributed by atoms with Crippen LogP contribution >= 0.6 is 11.6 Å². The van der Waals surface area contributed by atoms with Gasteiger partial charge in [-0.15, -0.1) is 0 Å². The average Bonchev–Trinajstić information content (AvgIpc) is 3.35. The number of nitrogens with one attached hydrogen (secondary N) is 1. The summed E-state index contributed by atoms with van der Waals surface area (Å²) in [7, 11) is 0. The molecule has 2 N–H and O–H groups in total. The molecular weight excluding hydrogens is 424 g/mol. The number of hydrogen-bond acceptors (Lipinski definition) is 3. The highest BCUT2D eigenvalue weighted by molar-refractivity contribution is 6.52. The molecule has 32 heavy (non-hydrogen) atoms. The number of halogens is 1. The third-order valence-corrected chi connectivity index (χ3v) is 6.31. The summed E-state index contributed by atoms with van der Waals surface area (Å²) >= 11 is 6.33. The van der Waals surface area contributed by atoms with E-state index >= 15 is 0 Å². The first kappa shape index (κ1) is 20.1. The number of aromatic amines is 1. The maximum Gasteiger partial charge on any atom is 0.300 e. The number of amides is 1. The Labute approximate surface area is 189 Å². The lowest BCUT2D eigenvalue weighted by molar-refractivity contribution is -0.132. The van der Waals surface area contributed by atoms with Crippen molar-refractivity contribution in [2.75, 3.05) is 4.90 Å². The van der Waals surface area contributed by atoms with Gasteiger partial charge in [0.2, 0.25) is 0 Å². The summed E-state index contributed by atoms with van der Waals surface area (Å²) in [4.78, 5) is 31.1. The van der Waals surface area contributed by atoms with Gasteiger partial charge in [-0.2, -0.15) is 0 Å². The van der Waals surface area contributed by atoms with E-state index in [0.717, 1.165) is 10.9 Å². The molecule has 0 radical (unpaired) electrons. The number of aliphatic hydroxyl groups excluding tert-OH is 1. The number of carbonyl (C=O) groups excluding carboxylic acids is 2. The van der Waals surface area contributed by atoms with Crippen molar-refractivity contribution in [3.8, 4) is 0 Å². The third kappa shape index (κ3) is 3.01. The van der Waals surface area contributed by atoms with Gasteiger partial charge in [-0.3, -0.25) is 14.5 Å². The van der Waals surface area contributed by atoms with Gasteiger partial charge in [0.15, 0.2) is 0 Å². The van der Waals surface area contributed by atoms with Crippen molar-refractivity contribution in [2.24, 2.45) is 0 Å². The molecule has 5 rings (SSSR count). The van der Waals surface area contributed by atoms with Crippen LogP contribution in [0.2, 0.25) is 5.02 Å². The summed E-state index contributed by atoms with van der Waals surface area (Å²) in [6, 6.07) is 21.1. The first-order chi connectivity index (χ1) is 15.5. The van der Waals surface area contributed by atoms with Gasteiger partial charge in [-0.05, 0) is 36.2 Å². The number of para-hydroxylation sites is 1. The minimum atomic E-state index is -0.790. The van der Waals surface area contributed by atoms with Gasteiger partial charge in [-0.1, -0.05) is 66.2 Å². The smallest absolute Gasteiger partial charge is 0.300 e. The van der Waals surface area contributed by atoms with E-state index in [9.17, 15) is 14.7 Å². The predicted molar refractivity (Wildman–Crippen MR) is 126 cm³/mol. The zero-order valence-electron chi connectivity index (χ0n) is 17.2. The van der Waals surface area contributed by atoms with Gasteiger partial charge in [0.1, 0.15) is 5.76 Å². The number of aliphatic hydroxyl groups is 1. The van der Waals surface area contributed by atoms with Crippen molar-refractivity contribution < 1.29 is 14.7 Å². The number of fused-ring (bicyclic) bond motifs is 1. The van der Waals surface area contributed by atoms with Crippen LogP contribution in [0, 0.1) is 6.92 Å². The first-order valence-corrected chi connectivity index (χ1v) is 10.5. The largest absolute Gasteiger partial charge is 0.507 e. The number of anilines is 1. The quantitative estimate of drug-likeness (QED) is 0.241. The fourth-order valence-electron chi connectivity index (χ4n) is 4.30. The Balaban J connectivity index is 1.78. The molecule has 1 aromatic heterocycles. The normalized spacial score (nSPS) is 17.9. The van der Waals surface area contributed by atoms with Crippen molar-refractivity contribution in [1.29, 1.82) is 0 Å². The van der Waals surface area contributed by atoms with E-state index in [1.165, 1.54) is 4.90 Å². The van der Waals surface area contributed by atoms with Crippen LogP contribution < -0.4 is 4.90 Å². The summed E-state index contributed by atoms with van der Waals surface area (Å²) in [5.41, 5.74) is 3.28. The Bertz CT molecular complexity index is 1410. The lowest BCUT2D eigenvalue weighted by atomic mass is 9.95. The molecule has 1 saturated heterocycles. The van der Waals surface area contributed by atoms with Crippen molar-refractivity contribution in [3.05, 3.63) is 106 Å². The Kier molecular flexibility index (Phi) is 4.83. The van der Waals surface area contributed by atoms with Crippen LogP contribution in [0.3, 0.4) is 0 Å². The van der Waals surface area contributed by atoms with Crippen LogP contribution in [0.5, 0.6) is 0 Å². The third-order valence-electron chi connectivity index (χ3n) is 5.90. The number of hydrogen-bond donors (Lipinski definition) is 2. The topological polar surface area (TPSA) is 73.4 Å². The van der Waals surface area contributed by atoms with E-state index in [1.807, 2.05) is 54.6 Å². The van der Waals surface area contributed by atoms with Gasteiger partial charge in [0.25, 0.3) is 11.7 Å². The minimum absolute atomic E-state index is 0.0466. The molecule has 2 heterocycles. The predicted octanol–water partition coefficient (Wildman–Crippen LogP) is 5.76. The lowest BCUT2D eigenvalue weighted by Gasteiger charge is -2.27. The molecule has 6 heteroatoms. The molecule has 0 spiro atoms. The molecule has 1 atom stereocenters. The van der Waals surface area contributed by atoms with Gasteiger partial charge in [0.05, 0.1) is 11.6 Å². The number of aromatic nitrogens is 1. The fraction of sp³-hybridized carbons (Fsp3) is 0.0769. The van der Waals surface area contributed by atoms with Crippen molar-refractivity contribution in [3.63, 3.8) is 0 Å². The Morgan fingerprint density at radius 1 is 0.969 bits per heavy atom. The van der Waals surface area contributed by atoms with Gasteiger partial charge >= 0.3 is 0 Å². The van der Waals surface area contributed by atoms with E-state index in [0.29, 0.717) is 27.4 Å². The molecule has 1 aliphatic heterocycles. The summed E-state index contributed by atoms with van der Waals surface area (Å²) in [5, 5.41) is 12.6. The number of rotatable bonds is 3. The zero-order valence-corrected chi connectivity index (χ0v) is 17.9. The minimum Gasteiger partial charge on any atom is -0.507 e. The van der Waals surface area contributed by atoms with Crippen LogP contribution in [0.1, 0.15) is 22.7 Å². The molecule has 0 bridgehead atoms. The average molecular weight is 443 g/mol. The Morgan fingerprint density at radius 2 is 1.69 bits per heavy atom. The SMILES string of the molecule is Cc1c(Cl)cccc1N1C(=O)C(=O)/C(=C(\O)c2c[nH]c3ccccc23)C1c1ccccc1. The zero-order chi connectivity index (χ0) is 22.4. The number of nitrogens with zero attached hydrogens (tertiary/aromatic N) is 1. The van der Waals surface area contributed by atoms with Gasteiger partial charge in [-0.25, -0.2) is 0 Å². The molecule has 158 valence electrons. The van der Waals surface area contributed by atoms with Crippen LogP contribution in [-0.2, 0) is 9.59 Å². The Hall–Kier alpha value is -3.83. The fourth-order valence-corrected chi connectivity index (χ4v) is 4.47. The molecule has 0 aliphatic carbocycles. The number of ketones is 1. The van der Waals surface area contributed by atoms with Crippen LogP contribution in [0.4, 0.5) is 5.69 Å². The van der Waals surface area contributed by atoms with Crippen molar-refractivity contribution in [1.82, 2.24) is 4.98 Å². The molecule has 0 saturated carbocycles.